The lowest BCUT2D eigenvalue weighted by Crippen LogP contribution is -2.36. The highest BCUT2D eigenvalue weighted by molar-refractivity contribution is 5.84. The van der Waals surface area contributed by atoms with Crippen LogP contribution < -0.4 is 0 Å². The van der Waals surface area contributed by atoms with Gasteiger partial charge in [-0.05, 0) is 18.8 Å². The Bertz CT molecular complexity index is 270. The van der Waals surface area contributed by atoms with E-state index in [1.807, 2.05) is 41.5 Å². The molecule has 0 saturated heterocycles. The van der Waals surface area contributed by atoms with E-state index < -0.39 is 12.1 Å². The Labute approximate surface area is 129 Å². The molecule has 5 nitrogen and oxygen atoms in total. The molecule has 0 aromatic rings. The van der Waals surface area contributed by atoms with Gasteiger partial charge in [-0.3, -0.25) is 0 Å². The van der Waals surface area contributed by atoms with Gasteiger partial charge < -0.3 is 20.4 Å². The summed E-state index contributed by atoms with van der Waals surface area (Å²) in [5.41, 5.74) is -0.191. The summed E-state index contributed by atoms with van der Waals surface area (Å²) in [5, 5.41) is 34.4. The lowest BCUT2D eigenvalue weighted by Gasteiger charge is -2.30. The molecule has 0 fully saturated rings. The molecule has 5 heteroatoms. The number of aliphatic carboxylic acids is 1. The van der Waals surface area contributed by atoms with Crippen LogP contribution in [0, 0.1) is 17.3 Å². The molecule has 0 radical (unpaired) electrons. The molecule has 0 saturated carbocycles. The molecule has 0 aliphatic carbocycles. The molecule has 4 N–H and O–H groups in total. The van der Waals surface area contributed by atoms with E-state index in [-0.39, 0.29) is 23.5 Å². The van der Waals surface area contributed by atoms with Crippen molar-refractivity contribution in [2.75, 3.05) is 13.2 Å². The van der Waals surface area contributed by atoms with E-state index in [0.29, 0.717) is 12.5 Å². The maximum absolute atomic E-state index is 9.60. The van der Waals surface area contributed by atoms with Crippen LogP contribution in [0.25, 0.3) is 0 Å². The number of carbonyl (C=O) groups is 1. The first-order valence-electron chi connectivity index (χ1n) is 7.12. The molecule has 128 valence electrons. The molecule has 1 atom stereocenters. The maximum Gasteiger partial charge on any atom is 0.330 e. The van der Waals surface area contributed by atoms with Crippen LogP contribution in [0.2, 0.25) is 0 Å². The average Bonchev–Trinajstić information content (AvgIpc) is 2.38. The molecule has 0 aromatic carbocycles. The second-order valence-corrected chi connectivity index (χ2v) is 6.50. The van der Waals surface area contributed by atoms with Crippen LogP contribution in [0.1, 0.15) is 48.5 Å². The standard InChI is InChI=1S/C8H18O2.C4H6O2.C4H10O/c1-6(2)7(10)8(3,4)5-9;1-3(2)4(5)6;1-4(2)3-5/h6-7,9-10H,5H2,1-4H3;1H2,2H3,(H,5,6);4-5H,3H2,1-2H3. The summed E-state index contributed by atoms with van der Waals surface area (Å²) in [5.74, 6) is -0.285. The van der Waals surface area contributed by atoms with Crippen molar-refractivity contribution in [1.29, 1.82) is 0 Å². The molecule has 21 heavy (non-hydrogen) atoms. The minimum absolute atomic E-state index is 0.0341. The average molecular weight is 306 g/mol. The second kappa shape index (κ2) is 12.8. The first-order chi connectivity index (χ1) is 9.33. The first-order valence-corrected chi connectivity index (χ1v) is 7.12. The number of hydrogen-bond donors (Lipinski definition) is 4. The fourth-order valence-electron chi connectivity index (χ4n) is 0.996. The maximum atomic E-state index is 9.60. The lowest BCUT2D eigenvalue weighted by atomic mass is 9.82. The van der Waals surface area contributed by atoms with Gasteiger partial charge in [-0.1, -0.05) is 48.1 Å². The van der Waals surface area contributed by atoms with Gasteiger partial charge in [-0.25, -0.2) is 4.79 Å². The Morgan fingerprint density at radius 1 is 1.14 bits per heavy atom. The molecule has 0 heterocycles. The van der Waals surface area contributed by atoms with E-state index in [1.54, 1.807) is 0 Å². The third-order valence-corrected chi connectivity index (χ3v) is 2.57. The lowest BCUT2D eigenvalue weighted by molar-refractivity contribution is -0.132. The van der Waals surface area contributed by atoms with Crippen molar-refractivity contribution in [3.05, 3.63) is 12.2 Å². The molecule has 0 spiro atoms. The van der Waals surface area contributed by atoms with Crippen molar-refractivity contribution >= 4 is 5.97 Å². The normalized spacial score (nSPS) is 12.0. The van der Waals surface area contributed by atoms with Gasteiger partial charge in [-0.2, -0.15) is 0 Å². The van der Waals surface area contributed by atoms with Crippen LogP contribution in [0.3, 0.4) is 0 Å². The van der Waals surface area contributed by atoms with Crippen molar-refractivity contribution < 1.29 is 25.2 Å². The minimum Gasteiger partial charge on any atom is -0.478 e. The summed E-state index contributed by atoms with van der Waals surface area (Å²) >= 11 is 0. The van der Waals surface area contributed by atoms with Crippen LogP contribution >= 0.6 is 0 Å². The number of aliphatic hydroxyl groups is 3. The van der Waals surface area contributed by atoms with Gasteiger partial charge in [0.2, 0.25) is 0 Å². The highest BCUT2D eigenvalue weighted by Gasteiger charge is 2.28. The topological polar surface area (TPSA) is 98.0 Å². The van der Waals surface area contributed by atoms with Gasteiger partial charge in [0.05, 0.1) is 12.7 Å². The highest BCUT2D eigenvalue weighted by atomic mass is 16.4. The summed E-state index contributed by atoms with van der Waals surface area (Å²) in [4.78, 5) is 9.60. The Morgan fingerprint density at radius 2 is 1.43 bits per heavy atom. The molecule has 0 aromatic heterocycles. The summed E-state index contributed by atoms with van der Waals surface area (Å²) in [6.07, 6.45) is -0.419. The Hall–Kier alpha value is -0.910. The van der Waals surface area contributed by atoms with Gasteiger partial charge in [0.25, 0.3) is 0 Å². The SMILES string of the molecule is C=C(C)C(=O)O.CC(C)C(O)C(C)(C)CO.CC(C)CO. The molecule has 1 unspecified atom stereocenters. The Morgan fingerprint density at radius 3 is 1.48 bits per heavy atom. The van der Waals surface area contributed by atoms with E-state index in [0.717, 1.165) is 0 Å². The summed E-state index contributed by atoms with van der Waals surface area (Å²) in [7, 11) is 0. The van der Waals surface area contributed by atoms with Crippen LogP contribution in [0.5, 0.6) is 0 Å². The van der Waals surface area contributed by atoms with Crippen molar-refractivity contribution in [2.45, 2.75) is 54.6 Å². The van der Waals surface area contributed by atoms with E-state index in [9.17, 15) is 9.90 Å². The van der Waals surface area contributed by atoms with E-state index in [2.05, 4.69) is 6.58 Å². The summed E-state index contributed by atoms with van der Waals surface area (Å²) < 4.78 is 0. The quantitative estimate of drug-likeness (QED) is 0.584. The number of hydrogen-bond acceptors (Lipinski definition) is 4. The van der Waals surface area contributed by atoms with Crippen LogP contribution in [-0.2, 0) is 4.79 Å². The predicted molar refractivity (Wildman–Crippen MR) is 86.1 cm³/mol. The minimum atomic E-state index is -0.935. The largest absolute Gasteiger partial charge is 0.478 e. The summed E-state index contributed by atoms with van der Waals surface area (Å²) in [6.45, 7) is 16.5. The van der Waals surface area contributed by atoms with Crippen LogP contribution in [-0.4, -0.2) is 45.7 Å². The number of rotatable bonds is 5. The van der Waals surface area contributed by atoms with Gasteiger partial charge >= 0.3 is 5.97 Å². The number of aliphatic hydroxyl groups excluding tert-OH is 3. The van der Waals surface area contributed by atoms with Crippen LogP contribution in [0.4, 0.5) is 0 Å². The zero-order chi connectivity index (χ0) is 17.8. The van der Waals surface area contributed by atoms with E-state index in [4.69, 9.17) is 15.3 Å². The fourth-order valence-corrected chi connectivity index (χ4v) is 0.996. The number of carboxylic acids is 1. The highest BCUT2D eigenvalue weighted by Crippen LogP contribution is 2.24. The Balaban J connectivity index is -0.000000252. The first kappa shape index (κ1) is 25.1. The molecule has 0 aliphatic rings. The van der Waals surface area contributed by atoms with Crippen molar-refractivity contribution in [2.24, 2.45) is 17.3 Å². The van der Waals surface area contributed by atoms with Crippen LogP contribution in [0.15, 0.2) is 12.2 Å². The third kappa shape index (κ3) is 17.0. The molecular weight excluding hydrogens is 272 g/mol. The second-order valence-electron chi connectivity index (χ2n) is 6.50. The van der Waals surface area contributed by atoms with Gasteiger partial charge in [0.1, 0.15) is 0 Å². The van der Waals surface area contributed by atoms with Gasteiger partial charge in [0.15, 0.2) is 0 Å². The zero-order valence-corrected chi connectivity index (χ0v) is 14.6. The van der Waals surface area contributed by atoms with Gasteiger partial charge in [-0.15, -0.1) is 0 Å². The Kier molecular flexibility index (Phi) is 15.3. The molecule has 0 bridgehead atoms. The molecule has 0 rings (SSSR count). The van der Waals surface area contributed by atoms with Crippen molar-refractivity contribution in [1.82, 2.24) is 0 Å². The van der Waals surface area contributed by atoms with Gasteiger partial charge in [0, 0.05) is 17.6 Å². The summed E-state index contributed by atoms with van der Waals surface area (Å²) in [6, 6.07) is 0. The zero-order valence-electron chi connectivity index (χ0n) is 14.6. The predicted octanol–water partition coefficient (Wildman–Crippen LogP) is 2.30. The fraction of sp³-hybridized carbons (Fsp3) is 0.812. The monoisotopic (exact) mass is 306 g/mol. The molecular formula is C16H34O5. The third-order valence-electron chi connectivity index (χ3n) is 2.57. The van der Waals surface area contributed by atoms with E-state index >= 15 is 0 Å². The smallest absolute Gasteiger partial charge is 0.330 e. The van der Waals surface area contributed by atoms with E-state index in [1.165, 1.54) is 6.92 Å². The van der Waals surface area contributed by atoms with Crippen molar-refractivity contribution in [3.8, 4) is 0 Å². The molecule has 0 amide bonds. The van der Waals surface area contributed by atoms with Crippen molar-refractivity contribution in [3.63, 3.8) is 0 Å². The molecule has 0 aliphatic heterocycles. The number of carboxylic acid groups (broad SMARTS) is 1.